The van der Waals surface area contributed by atoms with E-state index < -0.39 is 5.63 Å². The molecular formula is C20H23N3O3. The van der Waals surface area contributed by atoms with E-state index in [9.17, 15) is 9.59 Å². The molecular weight excluding hydrogens is 330 g/mol. The number of nitrogens with zero attached hydrogens (tertiary/aromatic N) is 2. The Bertz CT molecular complexity index is 1030. The third kappa shape index (κ3) is 3.00. The van der Waals surface area contributed by atoms with Crippen LogP contribution in [0.25, 0.3) is 21.9 Å². The fourth-order valence-electron chi connectivity index (χ4n) is 3.93. The monoisotopic (exact) mass is 353 g/mol. The lowest BCUT2D eigenvalue weighted by Crippen LogP contribution is -2.42. The van der Waals surface area contributed by atoms with Crippen molar-refractivity contribution in [3.05, 3.63) is 40.4 Å². The molecule has 3 aromatic rings. The number of amides is 1. The van der Waals surface area contributed by atoms with Gasteiger partial charge in [0, 0.05) is 11.4 Å². The minimum atomic E-state index is -0.427. The largest absolute Gasteiger partial charge is 0.422 e. The first-order chi connectivity index (χ1) is 12.5. The number of benzene rings is 1. The highest BCUT2D eigenvalue weighted by atomic mass is 16.4. The lowest BCUT2D eigenvalue weighted by Gasteiger charge is -2.29. The van der Waals surface area contributed by atoms with E-state index in [4.69, 9.17) is 4.42 Å². The van der Waals surface area contributed by atoms with Crippen LogP contribution in [0.2, 0.25) is 0 Å². The maximum atomic E-state index is 12.6. The summed E-state index contributed by atoms with van der Waals surface area (Å²) < 4.78 is 6.98. The van der Waals surface area contributed by atoms with Gasteiger partial charge in [-0.05, 0) is 37.8 Å². The van der Waals surface area contributed by atoms with Gasteiger partial charge in [-0.1, -0.05) is 31.4 Å². The Balaban J connectivity index is 1.68. The minimum Gasteiger partial charge on any atom is -0.422 e. The van der Waals surface area contributed by atoms with Gasteiger partial charge in [0.2, 0.25) is 5.91 Å². The Morgan fingerprint density at radius 1 is 1.31 bits per heavy atom. The first kappa shape index (κ1) is 16.8. The topological polar surface area (TPSA) is 77.1 Å². The van der Waals surface area contributed by atoms with Crippen molar-refractivity contribution in [3.63, 3.8) is 0 Å². The van der Waals surface area contributed by atoms with E-state index in [1.165, 1.54) is 12.6 Å². The number of rotatable bonds is 3. The molecule has 1 saturated carbocycles. The Hall–Kier alpha value is -2.63. The predicted octanol–water partition coefficient (Wildman–Crippen LogP) is 3.15. The lowest BCUT2D eigenvalue weighted by molar-refractivity contribution is -0.123. The average molecular weight is 353 g/mol. The molecule has 2 atom stereocenters. The second kappa shape index (κ2) is 6.59. The van der Waals surface area contributed by atoms with Gasteiger partial charge in [-0.3, -0.25) is 9.48 Å². The summed E-state index contributed by atoms with van der Waals surface area (Å²) in [6.45, 7) is 4.27. The zero-order chi connectivity index (χ0) is 18.3. The number of carbonyl (C=O) groups is 1. The highest BCUT2D eigenvalue weighted by Gasteiger charge is 2.23. The molecule has 1 N–H and O–H groups in total. The molecule has 1 aromatic carbocycles. The SMILES string of the molecule is Cc1ccc2oc(=O)c3cnn(CC(=O)N[C@H]4CCCC[C@@H]4C)c3c2c1. The molecule has 0 bridgehead atoms. The number of hydrogen-bond donors (Lipinski definition) is 1. The molecule has 4 rings (SSSR count). The fraction of sp³-hybridized carbons (Fsp3) is 0.450. The first-order valence-corrected chi connectivity index (χ1v) is 9.21. The van der Waals surface area contributed by atoms with E-state index in [-0.39, 0.29) is 18.5 Å². The van der Waals surface area contributed by atoms with Gasteiger partial charge in [-0.25, -0.2) is 4.79 Å². The normalized spacial score (nSPS) is 20.5. The number of fused-ring (bicyclic) bond motifs is 3. The second-order valence-electron chi connectivity index (χ2n) is 7.39. The quantitative estimate of drug-likeness (QED) is 0.734. The van der Waals surface area contributed by atoms with Crippen LogP contribution in [0.3, 0.4) is 0 Å². The standard InChI is InChI=1S/C20H23N3O3/c1-12-7-8-17-14(9-12)19-15(20(25)26-17)10-21-23(19)11-18(24)22-16-6-4-3-5-13(16)2/h7-10,13,16H,3-6,11H2,1-2H3,(H,22,24)/t13-,16-/m0/s1. The molecule has 6 heteroatoms. The van der Waals surface area contributed by atoms with Crippen molar-refractivity contribution in [1.82, 2.24) is 15.1 Å². The molecule has 2 heterocycles. The summed E-state index contributed by atoms with van der Waals surface area (Å²) >= 11 is 0. The van der Waals surface area contributed by atoms with E-state index in [1.807, 2.05) is 19.1 Å². The number of nitrogens with one attached hydrogen (secondary N) is 1. The maximum Gasteiger partial charge on any atom is 0.347 e. The minimum absolute atomic E-state index is 0.0669. The van der Waals surface area contributed by atoms with Crippen molar-refractivity contribution in [3.8, 4) is 0 Å². The van der Waals surface area contributed by atoms with Crippen molar-refractivity contribution in [2.24, 2.45) is 5.92 Å². The zero-order valence-electron chi connectivity index (χ0n) is 15.1. The molecule has 0 aliphatic heterocycles. The maximum absolute atomic E-state index is 12.6. The van der Waals surface area contributed by atoms with Crippen LogP contribution in [-0.2, 0) is 11.3 Å². The van der Waals surface area contributed by atoms with Gasteiger partial charge >= 0.3 is 5.63 Å². The summed E-state index contributed by atoms with van der Waals surface area (Å²) in [5.74, 6) is 0.431. The van der Waals surface area contributed by atoms with Crippen molar-refractivity contribution in [2.75, 3.05) is 0 Å². The molecule has 1 aliphatic carbocycles. The van der Waals surface area contributed by atoms with E-state index in [2.05, 4.69) is 17.3 Å². The Morgan fingerprint density at radius 3 is 2.92 bits per heavy atom. The van der Waals surface area contributed by atoms with E-state index in [0.717, 1.165) is 30.2 Å². The van der Waals surface area contributed by atoms with Crippen LogP contribution in [0.5, 0.6) is 0 Å². The van der Waals surface area contributed by atoms with Gasteiger partial charge in [-0.15, -0.1) is 0 Å². The Labute approximate surface area is 151 Å². The average Bonchev–Trinajstić information content (AvgIpc) is 3.02. The van der Waals surface area contributed by atoms with E-state index in [1.54, 1.807) is 10.7 Å². The first-order valence-electron chi connectivity index (χ1n) is 9.21. The summed E-state index contributed by atoms with van der Waals surface area (Å²) in [5, 5.41) is 8.63. The van der Waals surface area contributed by atoms with Gasteiger partial charge in [0.15, 0.2) is 0 Å². The van der Waals surface area contributed by atoms with Gasteiger partial charge < -0.3 is 9.73 Å². The van der Waals surface area contributed by atoms with Gasteiger partial charge in [0.25, 0.3) is 0 Å². The van der Waals surface area contributed by atoms with Crippen LogP contribution in [-0.4, -0.2) is 21.7 Å². The third-order valence-electron chi connectivity index (χ3n) is 5.40. The van der Waals surface area contributed by atoms with Crippen molar-refractivity contribution in [2.45, 2.75) is 52.1 Å². The molecule has 6 nitrogen and oxygen atoms in total. The van der Waals surface area contributed by atoms with Gasteiger partial charge in [0.1, 0.15) is 17.5 Å². The van der Waals surface area contributed by atoms with E-state index in [0.29, 0.717) is 22.4 Å². The van der Waals surface area contributed by atoms with Crippen molar-refractivity contribution in [1.29, 1.82) is 0 Å². The molecule has 1 aliphatic rings. The molecule has 0 spiro atoms. The molecule has 0 saturated heterocycles. The highest BCUT2D eigenvalue weighted by Crippen LogP contribution is 2.25. The van der Waals surface area contributed by atoms with Crippen molar-refractivity contribution < 1.29 is 9.21 Å². The summed E-state index contributed by atoms with van der Waals surface area (Å²) in [7, 11) is 0. The van der Waals surface area contributed by atoms with Crippen LogP contribution >= 0.6 is 0 Å². The van der Waals surface area contributed by atoms with Crippen LogP contribution in [0.4, 0.5) is 0 Å². The number of aromatic nitrogens is 2. The molecule has 1 amide bonds. The van der Waals surface area contributed by atoms with Crippen LogP contribution in [0.1, 0.15) is 38.2 Å². The molecule has 2 aromatic heterocycles. The molecule has 0 radical (unpaired) electrons. The molecule has 136 valence electrons. The Kier molecular flexibility index (Phi) is 4.26. The second-order valence-corrected chi connectivity index (χ2v) is 7.39. The van der Waals surface area contributed by atoms with Crippen LogP contribution < -0.4 is 10.9 Å². The van der Waals surface area contributed by atoms with Gasteiger partial charge in [0.05, 0.1) is 11.7 Å². The zero-order valence-corrected chi connectivity index (χ0v) is 15.1. The van der Waals surface area contributed by atoms with Crippen LogP contribution in [0.15, 0.2) is 33.6 Å². The summed E-state index contributed by atoms with van der Waals surface area (Å²) in [6, 6.07) is 5.86. The molecule has 0 unspecified atom stereocenters. The number of carbonyl (C=O) groups excluding carboxylic acids is 1. The highest BCUT2D eigenvalue weighted by molar-refractivity contribution is 6.02. The Morgan fingerprint density at radius 2 is 2.12 bits per heavy atom. The number of aryl methyl sites for hydroxylation is 1. The van der Waals surface area contributed by atoms with Crippen molar-refractivity contribution >= 4 is 27.8 Å². The smallest absolute Gasteiger partial charge is 0.347 e. The number of hydrogen-bond acceptors (Lipinski definition) is 4. The lowest BCUT2D eigenvalue weighted by atomic mass is 9.86. The predicted molar refractivity (Wildman–Crippen MR) is 100 cm³/mol. The van der Waals surface area contributed by atoms with E-state index >= 15 is 0 Å². The van der Waals surface area contributed by atoms with Crippen LogP contribution in [0, 0.1) is 12.8 Å². The molecule has 1 fully saturated rings. The summed E-state index contributed by atoms with van der Waals surface area (Å²) in [5.41, 5.74) is 1.80. The fourth-order valence-corrected chi connectivity index (χ4v) is 3.93. The molecule has 26 heavy (non-hydrogen) atoms. The third-order valence-corrected chi connectivity index (χ3v) is 5.40. The summed E-state index contributed by atoms with van der Waals surface area (Å²) in [6.07, 6.45) is 6.06. The van der Waals surface area contributed by atoms with Gasteiger partial charge in [-0.2, -0.15) is 5.10 Å². The summed E-state index contributed by atoms with van der Waals surface area (Å²) in [4.78, 5) is 24.8.